The fraction of sp³-hybridized carbons (Fsp3) is 0. The Morgan fingerprint density at radius 1 is 0.373 bits per heavy atom. The number of benzene rings is 9. The maximum absolute atomic E-state index is 6.83. The summed E-state index contributed by atoms with van der Waals surface area (Å²) < 4.78 is 11.7. The van der Waals surface area contributed by atoms with Crippen LogP contribution in [0, 0.1) is 0 Å². The zero-order valence-electron chi connectivity index (χ0n) is 31.7. The second kappa shape index (κ2) is 12.2. The Morgan fingerprint density at radius 3 is 1.85 bits per heavy atom. The van der Waals surface area contributed by atoms with E-state index in [2.05, 4.69) is 179 Å². The number of para-hydroxylation sites is 3. The third-order valence-corrected chi connectivity index (χ3v) is 12.1. The summed E-state index contributed by atoms with van der Waals surface area (Å²) in [7, 11) is 0. The van der Waals surface area contributed by atoms with Crippen molar-refractivity contribution in [2.45, 2.75) is 0 Å². The topological polar surface area (TPSA) is 48.8 Å². The molecule has 0 aliphatic rings. The van der Waals surface area contributed by atoms with E-state index in [1.165, 1.54) is 21.5 Å². The van der Waals surface area contributed by atoms with Crippen molar-refractivity contribution in [3.63, 3.8) is 0 Å². The molecule has 59 heavy (non-hydrogen) atoms. The van der Waals surface area contributed by atoms with Gasteiger partial charge in [0.2, 0.25) is 0 Å². The summed E-state index contributed by atoms with van der Waals surface area (Å²) >= 11 is 0. The van der Waals surface area contributed by atoms with Crippen LogP contribution in [0.3, 0.4) is 0 Å². The van der Waals surface area contributed by atoms with Gasteiger partial charge in [-0.05, 0) is 71.4 Å². The normalized spacial score (nSPS) is 12.1. The van der Waals surface area contributed by atoms with Crippen LogP contribution in [0.15, 0.2) is 199 Å². The molecule has 0 spiro atoms. The first-order chi connectivity index (χ1) is 29.3. The van der Waals surface area contributed by atoms with Gasteiger partial charge < -0.3 is 13.6 Å². The van der Waals surface area contributed by atoms with Crippen molar-refractivity contribution in [3.05, 3.63) is 194 Å². The third kappa shape index (κ3) is 4.67. The first-order valence-corrected chi connectivity index (χ1v) is 20.0. The molecule has 0 radical (unpaired) electrons. The van der Waals surface area contributed by atoms with Crippen LogP contribution in [-0.4, -0.2) is 19.1 Å². The van der Waals surface area contributed by atoms with Gasteiger partial charge in [-0.25, -0.2) is 9.97 Å². The molecule has 4 heterocycles. The zero-order valence-corrected chi connectivity index (χ0v) is 31.7. The van der Waals surface area contributed by atoms with Crippen LogP contribution >= 0.6 is 0 Å². The molecule has 274 valence electrons. The van der Waals surface area contributed by atoms with Crippen molar-refractivity contribution >= 4 is 87.2 Å². The van der Waals surface area contributed by atoms with Gasteiger partial charge in [0.15, 0.2) is 11.4 Å². The van der Waals surface area contributed by atoms with Crippen molar-refractivity contribution in [1.82, 2.24) is 19.1 Å². The Bertz CT molecular complexity index is 3830. The molecule has 9 aromatic carbocycles. The van der Waals surface area contributed by atoms with Crippen LogP contribution in [-0.2, 0) is 0 Å². The summed E-state index contributed by atoms with van der Waals surface area (Å²) in [6.07, 6.45) is 0. The molecule has 5 heteroatoms. The van der Waals surface area contributed by atoms with Crippen LogP contribution in [0.4, 0.5) is 0 Å². The molecule has 0 aliphatic carbocycles. The number of hydrogen-bond acceptors (Lipinski definition) is 3. The fourth-order valence-electron chi connectivity index (χ4n) is 9.43. The second-order valence-corrected chi connectivity index (χ2v) is 15.3. The van der Waals surface area contributed by atoms with Crippen molar-refractivity contribution in [2.75, 3.05) is 0 Å². The summed E-state index contributed by atoms with van der Waals surface area (Å²) in [5, 5.41) is 10.4. The smallest absolute Gasteiger partial charge is 0.160 e. The quantitative estimate of drug-likeness (QED) is 0.180. The molecule has 0 bridgehead atoms. The molecule has 0 atom stereocenters. The lowest BCUT2D eigenvalue weighted by Gasteiger charge is -2.14. The standard InChI is InChI=1S/C54H32N4O/c1-2-13-34(14-3-1)49-45-18-6-9-19-46(45)55-54(56-49)35-23-25-37(26-24-35)58-51-42(43-30-31-44-40-17-8-11-21-48(40)59-53(44)52(43)58)29-28-41-39-16-7-10-20-47(39)57(50(41)51)38-27-22-33-12-4-5-15-36(33)32-38/h1-32H. The van der Waals surface area contributed by atoms with Gasteiger partial charge in [-0.2, -0.15) is 0 Å². The molecule has 0 N–H and O–H groups in total. The first kappa shape index (κ1) is 32.1. The number of furan rings is 1. The first-order valence-electron chi connectivity index (χ1n) is 20.0. The van der Waals surface area contributed by atoms with Gasteiger partial charge in [0.05, 0.1) is 33.3 Å². The van der Waals surface area contributed by atoms with Crippen LogP contribution in [0.1, 0.15) is 0 Å². The molecule has 4 aromatic heterocycles. The largest absolute Gasteiger partial charge is 0.454 e. The third-order valence-electron chi connectivity index (χ3n) is 12.1. The van der Waals surface area contributed by atoms with E-state index in [4.69, 9.17) is 14.4 Å². The van der Waals surface area contributed by atoms with Crippen molar-refractivity contribution in [3.8, 4) is 34.0 Å². The number of fused-ring (bicyclic) bond motifs is 13. The highest BCUT2D eigenvalue weighted by Crippen LogP contribution is 2.45. The van der Waals surface area contributed by atoms with E-state index >= 15 is 0 Å². The molecular weight excluding hydrogens is 721 g/mol. The zero-order chi connectivity index (χ0) is 38.6. The molecule has 13 aromatic rings. The predicted octanol–water partition coefficient (Wildman–Crippen LogP) is 14.2. The predicted molar refractivity (Wildman–Crippen MR) is 244 cm³/mol. The van der Waals surface area contributed by atoms with Gasteiger partial charge in [-0.1, -0.05) is 133 Å². The summed E-state index contributed by atoms with van der Waals surface area (Å²) in [6, 6.07) is 68.9. The fourth-order valence-corrected chi connectivity index (χ4v) is 9.43. The molecule has 5 nitrogen and oxygen atoms in total. The van der Waals surface area contributed by atoms with Gasteiger partial charge in [0, 0.05) is 60.2 Å². The second-order valence-electron chi connectivity index (χ2n) is 15.3. The summed E-state index contributed by atoms with van der Waals surface area (Å²) in [5.74, 6) is 0.690. The van der Waals surface area contributed by atoms with E-state index in [-0.39, 0.29) is 0 Å². The monoisotopic (exact) mass is 752 g/mol. The Kier molecular flexibility index (Phi) is 6.66. The van der Waals surface area contributed by atoms with Gasteiger partial charge in [0.25, 0.3) is 0 Å². The lowest BCUT2D eigenvalue weighted by molar-refractivity contribution is 0.671. The average molecular weight is 753 g/mol. The number of rotatable bonds is 4. The number of hydrogen-bond donors (Lipinski definition) is 0. The van der Waals surface area contributed by atoms with Gasteiger partial charge >= 0.3 is 0 Å². The minimum absolute atomic E-state index is 0.690. The molecule has 0 saturated carbocycles. The van der Waals surface area contributed by atoms with Gasteiger partial charge in [-0.3, -0.25) is 0 Å². The molecule has 0 fully saturated rings. The highest BCUT2D eigenvalue weighted by Gasteiger charge is 2.24. The lowest BCUT2D eigenvalue weighted by atomic mass is 10.1. The highest BCUT2D eigenvalue weighted by atomic mass is 16.3. The van der Waals surface area contributed by atoms with E-state index in [1.807, 2.05) is 24.3 Å². The van der Waals surface area contributed by atoms with E-state index in [0.717, 1.165) is 93.9 Å². The summed E-state index contributed by atoms with van der Waals surface area (Å²) in [4.78, 5) is 10.3. The van der Waals surface area contributed by atoms with Crippen LogP contribution in [0.25, 0.3) is 121 Å². The van der Waals surface area contributed by atoms with Crippen molar-refractivity contribution < 1.29 is 4.42 Å². The van der Waals surface area contributed by atoms with Crippen LogP contribution in [0.5, 0.6) is 0 Å². The Labute approximate surface area is 337 Å². The molecule has 0 amide bonds. The average Bonchev–Trinajstić information content (AvgIpc) is 3.97. The molecule has 13 rings (SSSR count). The lowest BCUT2D eigenvalue weighted by Crippen LogP contribution is -1.99. The van der Waals surface area contributed by atoms with E-state index in [1.54, 1.807) is 0 Å². The Morgan fingerprint density at radius 2 is 1.00 bits per heavy atom. The molecule has 0 saturated heterocycles. The maximum Gasteiger partial charge on any atom is 0.160 e. The number of aromatic nitrogens is 4. The minimum atomic E-state index is 0.690. The molecule has 0 aliphatic heterocycles. The Hall–Kier alpha value is -8.02. The maximum atomic E-state index is 6.83. The minimum Gasteiger partial charge on any atom is -0.454 e. The van der Waals surface area contributed by atoms with Crippen molar-refractivity contribution in [1.29, 1.82) is 0 Å². The van der Waals surface area contributed by atoms with Crippen LogP contribution < -0.4 is 0 Å². The molecule has 0 unspecified atom stereocenters. The number of nitrogens with zero attached hydrogens (tertiary/aromatic N) is 4. The summed E-state index contributed by atoms with van der Waals surface area (Å²) in [5.41, 5.74) is 12.2. The van der Waals surface area contributed by atoms with E-state index < -0.39 is 0 Å². The SMILES string of the molecule is c1ccc(-c2nc(-c3ccc(-n4c5c(ccc6c7ccccc7oc65)c5ccc6c7ccccc7n(-c7ccc8ccccc8c7)c6c54)cc3)nc3ccccc23)cc1. The van der Waals surface area contributed by atoms with Gasteiger partial charge in [-0.15, -0.1) is 0 Å². The van der Waals surface area contributed by atoms with Crippen LogP contribution in [0.2, 0.25) is 0 Å². The van der Waals surface area contributed by atoms with Crippen molar-refractivity contribution in [2.24, 2.45) is 0 Å². The molecular formula is C54H32N4O. The van der Waals surface area contributed by atoms with E-state index in [0.29, 0.717) is 5.82 Å². The Balaban J connectivity index is 1.13. The van der Waals surface area contributed by atoms with Gasteiger partial charge in [0.1, 0.15) is 5.58 Å². The summed E-state index contributed by atoms with van der Waals surface area (Å²) in [6.45, 7) is 0. The highest BCUT2D eigenvalue weighted by molar-refractivity contribution is 6.28. The van der Waals surface area contributed by atoms with E-state index in [9.17, 15) is 0 Å².